The summed E-state index contributed by atoms with van der Waals surface area (Å²) in [6.45, 7) is 0. The fraction of sp³-hybridized carbons (Fsp3) is 0.200. The summed E-state index contributed by atoms with van der Waals surface area (Å²) in [7, 11) is 0. The molecule has 0 saturated carbocycles. The number of primary amides is 1. The van der Waals surface area contributed by atoms with Crippen LogP contribution >= 0.6 is 24.2 Å². The largest absolute Gasteiger partial charge is 0.369 e. The molecule has 0 aromatic rings. The highest BCUT2D eigenvalue weighted by Crippen LogP contribution is 2.03. The third-order valence-corrected chi connectivity index (χ3v) is 1.26. The van der Waals surface area contributed by atoms with Gasteiger partial charge in [-0.1, -0.05) is 17.7 Å². The first-order valence-electron chi connectivity index (χ1n) is 2.38. The van der Waals surface area contributed by atoms with Gasteiger partial charge in [0.2, 0.25) is 11.0 Å². The topological polar surface area (TPSA) is 60.2 Å². The molecule has 1 amide bonds. The second-order valence-electron chi connectivity index (χ2n) is 1.54. The Morgan fingerprint density at radius 1 is 1.60 bits per heavy atom. The maximum atomic E-state index is 10.4. The van der Waals surface area contributed by atoms with Crippen molar-refractivity contribution in [1.29, 1.82) is 0 Å². The van der Waals surface area contributed by atoms with Crippen LogP contribution in [0.25, 0.3) is 0 Å². The summed E-state index contributed by atoms with van der Waals surface area (Å²) >= 11 is 8.53. The van der Waals surface area contributed by atoms with E-state index in [-0.39, 0.29) is 0 Å². The number of carbonyl (C=O) groups excluding carboxylic acids is 2. The zero-order chi connectivity index (χ0) is 8.15. The summed E-state index contributed by atoms with van der Waals surface area (Å²) in [6.07, 6.45) is 1.18. The Kier molecular flexibility index (Phi) is 4.14. The molecule has 0 aliphatic carbocycles. The Bertz CT molecular complexity index is 166. The van der Waals surface area contributed by atoms with Gasteiger partial charge in [-0.25, -0.2) is 0 Å². The molecule has 1 unspecified atom stereocenters. The van der Waals surface area contributed by atoms with Crippen LogP contribution < -0.4 is 5.73 Å². The van der Waals surface area contributed by atoms with Crippen molar-refractivity contribution in [3.05, 3.63) is 11.6 Å². The quantitative estimate of drug-likeness (QED) is 0.484. The molecule has 2 N–H and O–H groups in total. The van der Waals surface area contributed by atoms with E-state index in [9.17, 15) is 9.59 Å². The normalized spacial score (nSPS) is 13.4. The highest BCUT2D eigenvalue weighted by Gasteiger charge is 2.16. The molecule has 0 aromatic heterocycles. The van der Waals surface area contributed by atoms with Crippen molar-refractivity contribution in [3.63, 3.8) is 0 Å². The Balaban J connectivity index is 4.27. The number of hydrogen-bond acceptors (Lipinski definition) is 2. The summed E-state index contributed by atoms with van der Waals surface area (Å²) in [5.41, 5.74) is 5.86. The van der Waals surface area contributed by atoms with E-state index in [1.807, 2.05) is 0 Å². The van der Waals surface area contributed by atoms with Crippen LogP contribution in [0.4, 0.5) is 0 Å². The number of amides is 1. The molecular formula is C5H6ClNO2S. The average Bonchev–Trinajstić information content (AvgIpc) is 1.81. The molecule has 0 spiro atoms. The van der Waals surface area contributed by atoms with Gasteiger partial charge in [-0.15, -0.1) is 12.6 Å². The third kappa shape index (κ3) is 2.89. The fourth-order valence-electron chi connectivity index (χ4n) is 0.372. The number of thiol groups is 1. The standard InChI is InChI=1S/C5H6ClNO2S/c6-2-1-3(4(7)8)5(9)10/h1-3H,(H2,7,8)(H,9,10). The molecule has 5 heteroatoms. The molecule has 3 nitrogen and oxygen atoms in total. The molecule has 1 atom stereocenters. The van der Waals surface area contributed by atoms with Crippen LogP contribution in [0.5, 0.6) is 0 Å². The molecule has 0 aliphatic heterocycles. The van der Waals surface area contributed by atoms with Crippen molar-refractivity contribution >= 4 is 35.3 Å². The fourth-order valence-corrected chi connectivity index (χ4v) is 0.730. The van der Waals surface area contributed by atoms with E-state index in [1.165, 1.54) is 6.08 Å². The van der Waals surface area contributed by atoms with Crippen LogP contribution in [0, 0.1) is 5.92 Å². The maximum Gasteiger partial charge on any atom is 0.232 e. The first kappa shape index (κ1) is 9.52. The van der Waals surface area contributed by atoms with Crippen LogP contribution in [-0.4, -0.2) is 11.0 Å². The molecule has 0 fully saturated rings. The van der Waals surface area contributed by atoms with E-state index < -0.39 is 16.9 Å². The zero-order valence-electron chi connectivity index (χ0n) is 4.95. The predicted octanol–water partition coefficient (Wildman–Crippen LogP) is 0.297. The van der Waals surface area contributed by atoms with Gasteiger partial charge >= 0.3 is 0 Å². The van der Waals surface area contributed by atoms with Gasteiger partial charge in [-0.2, -0.15) is 0 Å². The monoisotopic (exact) mass is 179 g/mol. The van der Waals surface area contributed by atoms with Crippen LogP contribution in [-0.2, 0) is 9.59 Å². The van der Waals surface area contributed by atoms with Crippen molar-refractivity contribution in [2.24, 2.45) is 11.7 Å². The summed E-state index contributed by atoms with van der Waals surface area (Å²) < 4.78 is 0. The molecule has 0 radical (unpaired) electrons. The van der Waals surface area contributed by atoms with Crippen molar-refractivity contribution in [3.8, 4) is 0 Å². The van der Waals surface area contributed by atoms with Gasteiger partial charge in [-0.3, -0.25) is 9.59 Å². The molecule has 0 aliphatic rings. The zero-order valence-corrected chi connectivity index (χ0v) is 6.60. The van der Waals surface area contributed by atoms with Crippen molar-refractivity contribution in [1.82, 2.24) is 0 Å². The van der Waals surface area contributed by atoms with E-state index in [0.29, 0.717) is 0 Å². The summed E-state index contributed by atoms with van der Waals surface area (Å²) in [6, 6.07) is 0. The van der Waals surface area contributed by atoms with Gasteiger partial charge in [0.05, 0.1) is 0 Å². The molecular weight excluding hydrogens is 174 g/mol. The molecule has 0 saturated heterocycles. The Labute approximate surface area is 68.6 Å². The van der Waals surface area contributed by atoms with Gasteiger partial charge in [0.1, 0.15) is 5.92 Å². The Morgan fingerprint density at radius 2 is 2.10 bits per heavy atom. The van der Waals surface area contributed by atoms with Crippen LogP contribution in [0.15, 0.2) is 11.6 Å². The molecule has 0 rings (SSSR count). The average molecular weight is 180 g/mol. The molecule has 10 heavy (non-hydrogen) atoms. The first-order chi connectivity index (χ1) is 4.59. The smallest absolute Gasteiger partial charge is 0.232 e. The van der Waals surface area contributed by atoms with Gasteiger partial charge < -0.3 is 5.73 Å². The lowest BCUT2D eigenvalue weighted by molar-refractivity contribution is -0.125. The lowest BCUT2D eigenvalue weighted by Gasteiger charge is -1.99. The minimum atomic E-state index is -1.01. The molecule has 56 valence electrons. The van der Waals surface area contributed by atoms with Gasteiger partial charge in [0.15, 0.2) is 0 Å². The second-order valence-corrected chi connectivity index (χ2v) is 2.23. The third-order valence-electron chi connectivity index (χ3n) is 0.838. The maximum absolute atomic E-state index is 10.4. The van der Waals surface area contributed by atoms with Crippen molar-refractivity contribution < 1.29 is 9.59 Å². The number of carbonyl (C=O) groups is 2. The van der Waals surface area contributed by atoms with Gasteiger partial charge in [0, 0.05) is 5.54 Å². The first-order valence-corrected chi connectivity index (χ1v) is 3.27. The minimum Gasteiger partial charge on any atom is -0.369 e. The number of halogens is 1. The van der Waals surface area contributed by atoms with Gasteiger partial charge in [-0.05, 0) is 0 Å². The molecule has 0 bridgehead atoms. The highest BCUT2D eigenvalue weighted by molar-refractivity contribution is 7.96. The molecule has 0 heterocycles. The Morgan fingerprint density at radius 3 is 2.20 bits per heavy atom. The number of hydrogen-bond donors (Lipinski definition) is 2. The summed E-state index contributed by atoms with van der Waals surface area (Å²) in [5.74, 6) is -1.77. The lowest BCUT2D eigenvalue weighted by atomic mass is 10.1. The van der Waals surface area contributed by atoms with E-state index in [0.717, 1.165) is 5.54 Å². The highest BCUT2D eigenvalue weighted by atomic mass is 35.5. The minimum absolute atomic E-state index is 0.607. The summed E-state index contributed by atoms with van der Waals surface area (Å²) in [4.78, 5) is 20.8. The lowest BCUT2D eigenvalue weighted by Crippen LogP contribution is -2.25. The summed E-state index contributed by atoms with van der Waals surface area (Å²) in [5, 5.41) is -0.607. The van der Waals surface area contributed by atoms with Crippen LogP contribution in [0.1, 0.15) is 0 Å². The van der Waals surface area contributed by atoms with Crippen LogP contribution in [0.2, 0.25) is 0 Å². The SMILES string of the molecule is NC(=O)C(C=CCl)C(=O)S. The number of nitrogens with two attached hydrogens (primary N) is 1. The van der Waals surface area contributed by atoms with E-state index in [4.69, 9.17) is 17.3 Å². The second kappa shape index (κ2) is 4.35. The van der Waals surface area contributed by atoms with E-state index in [2.05, 4.69) is 12.6 Å². The van der Waals surface area contributed by atoms with E-state index >= 15 is 0 Å². The number of rotatable bonds is 3. The van der Waals surface area contributed by atoms with Crippen LogP contribution in [0.3, 0.4) is 0 Å². The Hall–Kier alpha value is -0.480. The van der Waals surface area contributed by atoms with Gasteiger partial charge in [0.25, 0.3) is 0 Å². The molecule has 0 aromatic carbocycles. The van der Waals surface area contributed by atoms with Crippen molar-refractivity contribution in [2.45, 2.75) is 0 Å². The predicted molar refractivity (Wildman–Crippen MR) is 41.7 cm³/mol. The van der Waals surface area contributed by atoms with Crippen molar-refractivity contribution in [2.75, 3.05) is 0 Å². The van der Waals surface area contributed by atoms with E-state index in [1.54, 1.807) is 0 Å².